The molecule has 1 unspecified atom stereocenters. The number of rotatable bonds is 4. The maximum absolute atomic E-state index is 13.4. The minimum atomic E-state index is -4.23. The summed E-state index contributed by atoms with van der Waals surface area (Å²) in [5, 5.41) is 8.87. The zero-order valence-electron chi connectivity index (χ0n) is 11.4. The van der Waals surface area contributed by atoms with Crippen LogP contribution in [0.4, 0.5) is 13.2 Å². The molecule has 1 aliphatic carbocycles. The van der Waals surface area contributed by atoms with Gasteiger partial charge in [0.25, 0.3) is 0 Å². The smallest absolute Gasteiger partial charge is 0.395 e. The first-order valence-electron chi connectivity index (χ1n) is 6.93. The highest BCUT2D eigenvalue weighted by molar-refractivity contribution is 5.19. The van der Waals surface area contributed by atoms with Crippen molar-refractivity contribution < 1.29 is 18.3 Å². The van der Waals surface area contributed by atoms with Crippen LogP contribution in [0.25, 0.3) is 0 Å². The van der Waals surface area contributed by atoms with Crippen molar-refractivity contribution in [2.45, 2.75) is 12.6 Å². The van der Waals surface area contributed by atoms with Crippen LogP contribution in [-0.4, -0.2) is 67.0 Å². The van der Waals surface area contributed by atoms with Gasteiger partial charge in [-0.3, -0.25) is 9.80 Å². The van der Waals surface area contributed by atoms with Crippen molar-refractivity contribution in [3.8, 4) is 0 Å². The molecule has 0 spiro atoms. The third-order valence-corrected chi connectivity index (χ3v) is 4.10. The molecule has 20 heavy (non-hydrogen) atoms. The molecule has 3 nitrogen and oxygen atoms in total. The zero-order valence-corrected chi connectivity index (χ0v) is 11.4. The van der Waals surface area contributed by atoms with E-state index in [2.05, 4.69) is 4.90 Å². The van der Waals surface area contributed by atoms with Crippen LogP contribution in [0.1, 0.15) is 6.42 Å². The maximum atomic E-state index is 13.4. The van der Waals surface area contributed by atoms with Gasteiger partial charge in [-0.15, -0.1) is 0 Å². The van der Waals surface area contributed by atoms with E-state index in [1.54, 1.807) is 12.2 Å². The van der Waals surface area contributed by atoms with Gasteiger partial charge in [0.05, 0.1) is 6.61 Å². The zero-order chi connectivity index (χ0) is 14.6. The lowest BCUT2D eigenvalue weighted by atomic mass is 9.80. The summed E-state index contributed by atoms with van der Waals surface area (Å²) in [6, 6.07) is 0. The van der Waals surface area contributed by atoms with E-state index in [1.807, 2.05) is 4.90 Å². The molecule has 2 rings (SSSR count). The molecular formula is C14H21F3N2O. The Hall–Kier alpha value is -0.850. The van der Waals surface area contributed by atoms with Gasteiger partial charge in [-0.25, -0.2) is 0 Å². The molecule has 1 saturated heterocycles. The molecule has 1 atom stereocenters. The summed E-state index contributed by atoms with van der Waals surface area (Å²) >= 11 is 0. The monoisotopic (exact) mass is 290 g/mol. The molecule has 6 heteroatoms. The number of halogens is 3. The summed E-state index contributed by atoms with van der Waals surface area (Å²) < 4.78 is 40.2. The van der Waals surface area contributed by atoms with E-state index >= 15 is 0 Å². The highest BCUT2D eigenvalue weighted by Gasteiger charge is 2.53. The molecule has 114 valence electrons. The molecule has 0 aromatic rings. The van der Waals surface area contributed by atoms with Crippen molar-refractivity contribution in [3.05, 3.63) is 24.3 Å². The number of aliphatic hydroxyl groups is 1. The van der Waals surface area contributed by atoms with Gasteiger partial charge in [-0.05, 0) is 6.42 Å². The van der Waals surface area contributed by atoms with Gasteiger partial charge in [0.15, 0.2) is 0 Å². The summed E-state index contributed by atoms with van der Waals surface area (Å²) in [5.74, 6) is 0. The maximum Gasteiger partial charge on any atom is 0.399 e. The topological polar surface area (TPSA) is 26.7 Å². The van der Waals surface area contributed by atoms with Crippen LogP contribution in [0.2, 0.25) is 0 Å². The highest BCUT2D eigenvalue weighted by Crippen LogP contribution is 2.44. The highest BCUT2D eigenvalue weighted by atomic mass is 19.4. The van der Waals surface area contributed by atoms with Gasteiger partial charge in [0.2, 0.25) is 0 Å². The number of alkyl halides is 3. The fraction of sp³-hybridized carbons (Fsp3) is 0.714. The van der Waals surface area contributed by atoms with Crippen LogP contribution in [0, 0.1) is 5.41 Å². The molecule has 1 heterocycles. The van der Waals surface area contributed by atoms with E-state index in [-0.39, 0.29) is 19.6 Å². The molecule has 0 radical (unpaired) electrons. The third kappa shape index (κ3) is 3.42. The molecule has 2 aliphatic rings. The van der Waals surface area contributed by atoms with E-state index in [4.69, 9.17) is 5.11 Å². The molecule has 0 amide bonds. The van der Waals surface area contributed by atoms with Crippen LogP contribution in [0.15, 0.2) is 24.3 Å². The second-order valence-corrected chi connectivity index (χ2v) is 5.49. The fourth-order valence-corrected chi connectivity index (χ4v) is 2.79. The van der Waals surface area contributed by atoms with Crippen molar-refractivity contribution in [3.63, 3.8) is 0 Å². The lowest BCUT2D eigenvalue weighted by Crippen LogP contribution is -2.53. The van der Waals surface area contributed by atoms with Crippen LogP contribution in [0.3, 0.4) is 0 Å². The SMILES string of the molecule is OCCN1CCN(CC2(C(F)(F)F)C=CC=CC2)CC1. The normalized spacial score (nSPS) is 29.0. The second-order valence-electron chi connectivity index (χ2n) is 5.49. The predicted molar refractivity (Wildman–Crippen MR) is 71.4 cm³/mol. The van der Waals surface area contributed by atoms with Crippen LogP contribution in [0.5, 0.6) is 0 Å². The summed E-state index contributed by atoms with van der Waals surface area (Å²) in [6.07, 6.45) is 1.85. The first-order chi connectivity index (χ1) is 9.47. The summed E-state index contributed by atoms with van der Waals surface area (Å²) in [4.78, 5) is 3.96. The number of hydrogen-bond donors (Lipinski definition) is 1. The average Bonchev–Trinajstić information content (AvgIpc) is 2.41. The van der Waals surface area contributed by atoms with E-state index in [0.29, 0.717) is 32.7 Å². The van der Waals surface area contributed by atoms with E-state index in [1.165, 1.54) is 12.2 Å². The van der Waals surface area contributed by atoms with Crippen molar-refractivity contribution in [1.29, 1.82) is 0 Å². The van der Waals surface area contributed by atoms with Crippen LogP contribution in [-0.2, 0) is 0 Å². The van der Waals surface area contributed by atoms with Gasteiger partial charge in [0, 0.05) is 39.3 Å². The van der Waals surface area contributed by atoms with Gasteiger partial charge in [-0.1, -0.05) is 24.3 Å². The van der Waals surface area contributed by atoms with E-state index < -0.39 is 11.6 Å². The molecule has 0 aromatic heterocycles. The van der Waals surface area contributed by atoms with Crippen molar-refractivity contribution >= 4 is 0 Å². The minimum Gasteiger partial charge on any atom is -0.395 e. The van der Waals surface area contributed by atoms with Gasteiger partial charge in [-0.2, -0.15) is 13.2 Å². The number of nitrogens with zero attached hydrogens (tertiary/aromatic N) is 2. The average molecular weight is 290 g/mol. The Morgan fingerprint density at radius 1 is 1.05 bits per heavy atom. The molecule has 1 N–H and O–H groups in total. The van der Waals surface area contributed by atoms with E-state index in [9.17, 15) is 13.2 Å². The first-order valence-corrected chi connectivity index (χ1v) is 6.93. The quantitative estimate of drug-likeness (QED) is 0.853. The Balaban J connectivity index is 1.97. The van der Waals surface area contributed by atoms with Crippen molar-refractivity contribution in [2.24, 2.45) is 5.41 Å². The van der Waals surface area contributed by atoms with Crippen LogP contribution < -0.4 is 0 Å². The Bertz CT molecular complexity index is 373. The molecule has 0 bridgehead atoms. The van der Waals surface area contributed by atoms with Gasteiger partial charge >= 0.3 is 6.18 Å². The predicted octanol–water partition coefficient (Wildman–Crippen LogP) is 1.66. The third-order valence-electron chi connectivity index (χ3n) is 4.10. The Labute approximate surface area is 117 Å². The molecular weight excluding hydrogens is 269 g/mol. The largest absolute Gasteiger partial charge is 0.399 e. The van der Waals surface area contributed by atoms with Crippen molar-refractivity contribution in [1.82, 2.24) is 9.80 Å². The minimum absolute atomic E-state index is 0.0177. The lowest BCUT2D eigenvalue weighted by molar-refractivity contribution is -0.211. The van der Waals surface area contributed by atoms with Crippen LogP contribution >= 0.6 is 0 Å². The Morgan fingerprint density at radius 2 is 1.70 bits per heavy atom. The fourth-order valence-electron chi connectivity index (χ4n) is 2.79. The number of aliphatic hydroxyl groups excluding tert-OH is 1. The second kappa shape index (κ2) is 6.28. The van der Waals surface area contributed by atoms with Crippen molar-refractivity contribution in [2.75, 3.05) is 45.9 Å². The van der Waals surface area contributed by atoms with E-state index in [0.717, 1.165) is 0 Å². The summed E-state index contributed by atoms with van der Waals surface area (Å²) in [5.41, 5.74) is -1.75. The summed E-state index contributed by atoms with van der Waals surface area (Å²) in [7, 11) is 0. The Morgan fingerprint density at radius 3 is 2.20 bits per heavy atom. The molecule has 0 aromatic carbocycles. The number of allylic oxidation sites excluding steroid dienone is 3. The standard InChI is InChI=1S/C14H21F3N2O/c15-14(16,17)13(4-2-1-3-5-13)12-19-8-6-18(7-9-19)10-11-20/h1-4,20H,5-12H2. The molecule has 1 aliphatic heterocycles. The number of β-amino-alcohol motifs (C(OH)–C–C–N with tert-alkyl or cyclic N) is 1. The molecule has 1 fully saturated rings. The lowest BCUT2D eigenvalue weighted by Gasteiger charge is -2.41. The molecule has 0 saturated carbocycles. The first kappa shape index (κ1) is 15.5. The van der Waals surface area contributed by atoms with Gasteiger partial charge < -0.3 is 5.11 Å². The number of hydrogen-bond acceptors (Lipinski definition) is 3. The Kier molecular flexibility index (Phi) is 4.88. The van der Waals surface area contributed by atoms with Gasteiger partial charge in [0.1, 0.15) is 5.41 Å². The number of piperazine rings is 1. The summed E-state index contributed by atoms with van der Waals surface area (Å²) in [6.45, 7) is 3.39.